The van der Waals surface area contributed by atoms with Crippen molar-refractivity contribution in [3.8, 4) is 0 Å². The van der Waals surface area contributed by atoms with Crippen LogP contribution in [0.25, 0.3) is 0 Å². The summed E-state index contributed by atoms with van der Waals surface area (Å²) in [6.45, 7) is 0. The number of thiazole rings is 1. The lowest BCUT2D eigenvalue weighted by molar-refractivity contribution is -0.137. The van der Waals surface area contributed by atoms with Gasteiger partial charge in [0.15, 0.2) is 5.13 Å². The van der Waals surface area contributed by atoms with Gasteiger partial charge in [-0.15, -0.1) is 23.1 Å². The van der Waals surface area contributed by atoms with Crippen molar-refractivity contribution in [3.63, 3.8) is 0 Å². The number of methoxy groups -OCH3 is 1. The number of carbonyl (C=O) groups excluding carboxylic acids is 2. The number of thioether (sulfide) groups is 1. The molecular formula is C20H31N3O3S2. The highest BCUT2D eigenvalue weighted by molar-refractivity contribution is 7.99. The van der Waals surface area contributed by atoms with Crippen LogP contribution in [0.3, 0.4) is 0 Å². The van der Waals surface area contributed by atoms with E-state index in [-0.39, 0.29) is 12.0 Å². The van der Waals surface area contributed by atoms with E-state index in [0.717, 1.165) is 31.4 Å². The summed E-state index contributed by atoms with van der Waals surface area (Å²) in [5, 5.41) is 5.66. The first-order chi connectivity index (χ1) is 13.7. The van der Waals surface area contributed by atoms with Crippen molar-refractivity contribution >= 4 is 40.2 Å². The van der Waals surface area contributed by atoms with Gasteiger partial charge in [0.25, 0.3) is 0 Å². The molecule has 1 N–H and O–H groups in total. The normalized spacial score (nSPS) is 18.6. The molecule has 3 rings (SSSR count). The number of rotatable bonds is 7. The number of hydrogen-bond acceptors (Lipinski definition) is 6. The number of ether oxygens (including phenoxy) is 1. The quantitative estimate of drug-likeness (QED) is 0.619. The van der Waals surface area contributed by atoms with E-state index in [1.165, 1.54) is 68.7 Å². The zero-order chi connectivity index (χ0) is 19.8. The van der Waals surface area contributed by atoms with Gasteiger partial charge in [0.2, 0.25) is 0 Å². The summed E-state index contributed by atoms with van der Waals surface area (Å²) in [7, 11) is 1.39. The first kappa shape index (κ1) is 21.4. The molecule has 0 aromatic carbocycles. The third kappa shape index (κ3) is 6.11. The highest BCUT2D eigenvalue weighted by Crippen LogP contribution is 2.31. The van der Waals surface area contributed by atoms with Gasteiger partial charge in [0, 0.05) is 23.2 Å². The molecular weight excluding hydrogens is 394 g/mol. The molecule has 0 radical (unpaired) electrons. The number of hydrogen-bond donors (Lipinski definition) is 1. The molecule has 0 unspecified atom stereocenters. The van der Waals surface area contributed by atoms with E-state index in [9.17, 15) is 9.59 Å². The maximum Gasteiger partial charge on any atom is 0.324 e. The fraction of sp³-hybridized carbons (Fsp3) is 0.750. The molecule has 156 valence electrons. The summed E-state index contributed by atoms with van der Waals surface area (Å²) >= 11 is 2.92. The molecule has 0 saturated heterocycles. The lowest BCUT2D eigenvalue weighted by Crippen LogP contribution is -2.50. The van der Waals surface area contributed by atoms with Crippen LogP contribution in [0.15, 0.2) is 5.38 Å². The number of carbonyl (C=O) groups is 2. The Labute approximate surface area is 175 Å². The molecule has 2 aliphatic carbocycles. The van der Waals surface area contributed by atoms with E-state index >= 15 is 0 Å². The Morgan fingerprint density at radius 3 is 2.32 bits per heavy atom. The molecule has 28 heavy (non-hydrogen) atoms. The molecule has 8 heteroatoms. The zero-order valence-electron chi connectivity index (χ0n) is 16.7. The van der Waals surface area contributed by atoms with E-state index in [0.29, 0.717) is 28.7 Å². The van der Waals surface area contributed by atoms with Crippen molar-refractivity contribution in [1.29, 1.82) is 0 Å². The number of esters is 1. The molecule has 1 aromatic heterocycles. The molecule has 0 atom stereocenters. The van der Waals surface area contributed by atoms with E-state index in [1.807, 2.05) is 5.38 Å². The first-order valence-corrected chi connectivity index (χ1v) is 12.4. The summed E-state index contributed by atoms with van der Waals surface area (Å²) in [6, 6.07) is 0.751. The Balaban J connectivity index is 1.59. The summed E-state index contributed by atoms with van der Waals surface area (Å²) in [5.74, 6) is 0.716. The van der Waals surface area contributed by atoms with Crippen molar-refractivity contribution in [3.05, 3.63) is 11.1 Å². The average molecular weight is 426 g/mol. The van der Waals surface area contributed by atoms with Crippen LogP contribution in [0.4, 0.5) is 9.93 Å². The molecule has 2 fully saturated rings. The number of nitrogens with zero attached hydrogens (tertiary/aromatic N) is 2. The molecule has 6 nitrogen and oxygen atoms in total. The van der Waals surface area contributed by atoms with Gasteiger partial charge in [-0.25, -0.2) is 9.78 Å². The van der Waals surface area contributed by atoms with E-state index in [4.69, 9.17) is 0 Å². The van der Waals surface area contributed by atoms with Gasteiger partial charge in [-0.05, 0) is 25.7 Å². The summed E-state index contributed by atoms with van der Waals surface area (Å²) < 4.78 is 4.65. The Morgan fingerprint density at radius 2 is 1.75 bits per heavy atom. The molecule has 2 amide bonds. The minimum atomic E-state index is -0.232. The topological polar surface area (TPSA) is 71.5 Å². The predicted octanol–water partition coefficient (Wildman–Crippen LogP) is 5.05. The van der Waals surface area contributed by atoms with Crippen LogP contribution < -0.4 is 5.32 Å². The van der Waals surface area contributed by atoms with Gasteiger partial charge in [0.05, 0.1) is 18.6 Å². The van der Waals surface area contributed by atoms with E-state index in [2.05, 4.69) is 19.9 Å². The number of urea groups is 1. The third-order valence-corrected chi connectivity index (χ3v) is 7.38. The fourth-order valence-electron chi connectivity index (χ4n) is 4.23. The maximum atomic E-state index is 13.2. The molecule has 0 spiro atoms. The fourth-order valence-corrected chi connectivity index (χ4v) is 5.78. The number of amides is 2. The van der Waals surface area contributed by atoms with Crippen molar-refractivity contribution in [2.75, 3.05) is 18.2 Å². The van der Waals surface area contributed by atoms with Crippen molar-refractivity contribution in [2.24, 2.45) is 0 Å². The van der Waals surface area contributed by atoms with E-state index < -0.39 is 0 Å². The Kier molecular flexibility index (Phi) is 8.45. The van der Waals surface area contributed by atoms with Crippen LogP contribution in [0.5, 0.6) is 0 Å². The minimum Gasteiger partial charge on any atom is -0.468 e. The zero-order valence-corrected chi connectivity index (χ0v) is 18.3. The maximum absolute atomic E-state index is 13.2. The Morgan fingerprint density at radius 1 is 1.14 bits per heavy atom. The van der Waals surface area contributed by atoms with Gasteiger partial charge < -0.3 is 9.64 Å². The number of aromatic nitrogens is 1. The smallest absolute Gasteiger partial charge is 0.324 e. The second kappa shape index (κ2) is 11.0. The summed E-state index contributed by atoms with van der Waals surface area (Å²) in [6.07, 6.45) is 12.0. The van der Waals surface area contributed by atoms with Crippen LogP contribution in [0.1, 0.15) is 69.9 Å². The second-order valence-electron chi connectivity index (χ2n) is 7.63. The van der Waals surface area contributed by atoms with E-state index in [1.54, 1.807) is 0 Å². The van der Waals surface area contributed by atoms with Gasteiger partial charge in [0.1, 0.15) is 0 Å². The highest BCUT2D eigenvalue weighted by Gasteiger charge is 2.32. The largest absolute Gasteiger partial charge is 0.468 e. The van der Waals surface area contributed by atoms with Gasteiger partial charge >= 0.3 is 12.0 Å². The van der Waals surface area contributed by atoms with Crippen LogP contribution in [0.2, 0.25) is 0 Å². The monoisotopic (exact) mass is 425 g/mol. The van der Waals surface area contributed by atoms with Crippen LogP contribution in [-0.2, 0) is 15.3 Å². The highest BCUT2D eigenvalue weighted by atomic mass is 32.2. The molecule has 2 aliphatic rings. The van der Waals surface area contributed by atoms with Crippen molar-refractivity contribution in [2.45, 2.75) is 82.0 Å². The lowest BCUT2D eigenvalue weighted by Gasteiger charge is -2.41. The van der Waals surface area contributed by atoms with Gasteiger partial charge in [-0.3, -0.25) is 10.1 Å². The summed E-state index contributed by atoms with van der Waals surface area (Å²) in [4.78, 5) is 31.1. The van der Waals surface area contributed by atoms with Gasteiger partial charge in [-0.1, -0.05) is 38.5 Å². The lowest BCUT2D eigenvalue weighted by atomic mass is 9.89. The van der Waals surface area contributed by atoms with Crippen molar-refractivity contribution in [1.82, 2.24) is 9.88 Å². The second-order valence-corrected chi connectivity index (χ2v) is 9.48. The third-order valence-electron chi connectivity index (χ3n) is 5.63. The Bertz CT molecular complexity index is 622. The van der Waals surface area contributed by atoms with Gasteiger partial charge in [-0.2, -0.15) is 0 Å². The predicted molar refractivity (Wildman–Crippen MR) is 115 cm³/mol. The molecule has 2 saturated carbocycles. The molecule has 1 heterocycles. The van der Waals surface area contributed by atoms with Crippen molar-refractivity contribution < 1.29 is 14.3 Å². The number of nitrogens with one attached hydrogen (secondary N) is 1. The minimum absolute atomic E-state index is 0.0157. The number of anilines is 1. The molecule has 0 bridgehead atoms. The SMILES string of the molecule is COC(=O)CSCc1csc(NC(=O)N(C2CCCCC2)C2CCCCC2)n1. The van der Waals surface area contributed by atoms with Crippen LogP contribution >= 0.6 is 23.1 Å². The van der Waals surface area contributed by atoms with Crippen LogP contribution in [0, 0.1) is 0 Å². The van der Waals surface area contributed by atoms with Crippen LogP contribution in [-0.4, -0.2) is 46.8 Å². The first-order valence-electron chi connectivity index (χ1n) is 10.4. The molecule has 1 aromatic rings. The Hall–Kier alpha value is -1.28. The average Bonchev–Trinajstić information content (AvgIpc) is 3.16. The summed E-state index contributed by atoms with van der Waals surface area (Å²) in [5.41, 5.74) is 0.885. The molecule has 0 aliphatic heterocycles. The standard InChI is InChI=1S/C20H31N3O3S2/c1-26-18(24)14-27-12-15-13-28-19(21-15)22-20(25)23(16-8-4-2-5-9-16)17-10-6-3-7-11-17/h13,16-17H,2-12,14H2,1H3,(H,21,22,25).